The van der Waals surface area contributed by atoms with Crippen LogP contribution in [0.3, 0.4) is 0 Å². The molecule has 2 aliphatic rings. The van der Waals surface area contributed by atoms with Crippen LogP contribution in [0.4, 0.5) is 5.69 Å². The van der Waals surface area contributed by atoms with Gasteiger partial charge in [-0.15, -0.1) is 0 Å². The third-order valence-corrected chi connectivity index (χ3v) is 6.06. The molecule has 4 rings (SSSR count). The molecule has 1 atom stereocenters. The number of likely N-dealkylation sites (tertiary alicyclic amines) is 1. The Bertz CT molecular complexity index is 804. The van der Waals surface area contributed by atoms with Crippen LogP contribution in [0.5, 0.6) is 5.75 Å². The van der Waals surface area contributed by atoms with Crippen molar-refractivity contribution in [1.29, 1.82) is 0 Å². The van der Waals surface area contributed by atoms with Crippen molar-refractivity contribution in [3.05, 3.63) is 60.2 Å². The Morgan fingerprint density at radius 2 is 1.70 bits per heavy atom. The van der Waals surface area contributed by atoms with Gasteiger partial charge in [-0.3, -0.25) is 14.6 Å². The first-order chi connectivity index (χ1) is 14.7. The molecule has 1 amide bonds. The van der Waals surface area contributed by atoms with Crippen LogP contribution in [-0.2, 0) is 11.3 Å². The van der Waals surface area contributed by atoms with Crippen LogP contribution >= 0.6 is 0 Å². The van der Waals surface area contributed by atoms with E-state index in [9.17, 15) is 4.79 Å². The van der Waals surface area contributed by atoms with Gasteiger partial charge in [0, 0.05) is 57.5 Å². The second kappa shape index (κ2) is 9.96. The predicted octanol–water partition coefficient (Wildman–Crippen LogP) is 2.21. The van der Waals surface area contributed by atoms with Crippen LogP contribution < -0.4 is 15.0 Å². The summed E-state index contributed by atoms with van der Waals surface area (Å²) < 4.78 is 5.23. The highest BCUT2D eigenvalue weighted by atomic mass is 16.5. The summed E-state index contributed by atoms with van der Waals surface area (Å²) in [6.07, 6.45) is 1.03. The maximum Gasteiger partial charge on any atom is 0.234 e. The number of carbonyl (C=O) groups is 1. The minimum Gasteiger partial charge on any atom is -0.497 e. The van der Waals surface area contributed by atoms with E-state index in [1.165, 1.54) is 11.3 Å². The molecule has 0 spiro atoms. The fourth-order valence-electron chi connectivity index (χ4n) is 4.37. The van der Waals surface area contributed by atoms with Crippen LogP contribution in [0.15, 0.2) is 54.6 Å². The summed E-state index contributed by atoms with van der Waals surface area (Å²) >= 11 is 0. The van der Waals surface area contributed by atoms with Gasteiger partial charge in [-0.1, -0.05) is 30.3 Å². The first kappa shape index (κ1) is 20.7. The number of carbonyl (C=O) groups excluding carboxylic acids is 1. The van der Waals surface area contributed by atoms with Crippen LogP contribution in [0, 0.1) is 0 Å². The second-order valence-corrected chi connectivity index (χ2v) is 8.24. The Balaban J connectivity index is 1.17. The molecule has 0 aromatic heterocycles. The van der Waals surface area contributed by atoms with Gasteiger partial charge in [0.05, 0.1) is 13.7 Å². The largest absolute Gasteiger partial charge is 0.497 e. The lowest BCUT2D eigenvalue weighted by atomic mass is 10.2. The molecule has 30 heavy (non-hydrogen) atoms. The van der Waals surface area contributed by atoms with Crippen molar-refractivity contribution in [3.8, 4) is 5.75 Å². The molecule has 0 bridgehead atoms. The highest BCUT2D eigenvalue weighted by molar-refractivity contribution is 5.78. The fourth-order valence-corrected chi connectivity index (χ4v) is 4.37. The summed E-state index contributed by atoms with van der Waals surface area (Å²) in [5.74, 6) is 1.03. The monoisotopic (exact) mass is 408 g/mol. The number of hydrogen-bond acceptors (Lipinski definition) is 5. The van der Waals surface area contributed by atoms with Crippen molar-refractivity contribution in [2.45, 2.75) is 19.0 Å². The third-order valence-electron chi connectivity index (χ3n) is 6.06. The molecule has 6 nitrogen and oxygen atoms in total. The normalized spacial score (nSPS) is 20.3. The average molecular weight is 409 g/mol. The topological polar surface area (TPSA) is 48.1 Å². The van der Waals surface area contributed by atoms with Gasteiger partial charge < -0.3 is 15.0 Å². The molecule has 0 aliphatic carbocycles. The SMILES string of the molecule is COc1ccc(N2CCN(CC(=O)N[C@H]3CCN(Cc4ccccc4)C3)CC2)cc1. The first-order valence-electron chi connectivity index (χ1n) is 10.9. The maximum atomic E-state index is 12.6. The van der Waals surface area contributed by atoms with E-state index in [0.717, 1.165) is 58.0 Å². The Morgan fingerprint density at radius 3 is 2.40 bits per heavy atom. The van der Waals surface area contributed by atoms with Gasteiger partial charge in [0.15, 0.2) is 0 Å². The number of hydrogen-bond donors (Lipinski definition) is 1. The lowest BCUT2D eigenvalue weighted by molar-refractivity contribution is -0.122. The van der Waals surface area contributed by atoms with Crippen molar-refractivity contribution < 1.29 is 9.53 Å². The van der Waals surface area contributed by atoms with E-state index in [4.69, 9.17) is 4.74 Å². The first-order valence-corrected chi connectivity index (χ1v) is 10.9. The Kier molecular flexibility index (Phi) is 6.87. The number of anilines is 1. The van der Waals surface area contributed by atoms with Gasteiger partial charge in [-0.05, 0) is 36.2 Å². The molecule has 1 N–H and O–H groups in total. The quantitative estimate of drug-likeness (QED) is 0.761. The van der Waals surface area contributed by atoms with Crippen LogP contribution in [0.2, 0.25) is 0 Å². The molecule has 0 radical (unpaired) electrons. The van der Waals surface area contributed by atoms with E-state index in [-0.39, 0.29) is 11.9 Å². The number of nitrogens with zero attached hydrogens (tertiary/aromatic N) is 3. The van der Waals surface area contributed by atoms with Crippen molar-refractivity contribution in [1.82, 2.24) is 15.1 Å². The highest BCUT2D eigenvalue weighted by Crippen LogP contribution is 2.20. The molecule has 2 fully saturated rings. The van der Waals surface area contributed by atoms with Gasteiger partial charge in [0.25, 0.3) is 0 Å². The molecule has 2 heterocycles. The molecular weight excluding hydrogens is 376 g/mol. The Morgan fingerprint density at radius 1 is 0.967 bits per heavy atom. The minimum atomic E-state index is 0.152. The van der Waals surface area contributed by atoms with Gasteiger partial charge in [0.2, 0.25) is 5.91 Å². The molecule has 2 aromatic carbocycles. The van der Waals surface area contributed by atoms with Gasteiger partial charge in [0.1, 0.15) is 5.75 Å². The zero-order valence-electron chi connectivity index (χ0n) is 17.8. The molecule has 0 unspecified atom stereocenters. The number of rotatable bonds is 7. The van der Waals surface area contributed by atoms with E-state index >= 15 is 0 Å². The van der Waals surface area contributed by atoms with Gasteiger partial charge in [-0.25, -0.2) is 0 Å². The smallest absolute Gasteiger partial charge is 0.234 e. The van der Waals surface area contributed by atoms with E-state index in [2.05, 4.69) is 56.4 Å². The van der Waals surface area contributed by atoms with Crippen molar-refractivity contribution >= 4 is 11.6 Å². The third kappa shape index (κ3) is 5.52. The van der Waals surface area contributed by atoms with Gasteiger partial charge >= 0.3 is 0 Å². The zero-order valence-corrected chi connectivity index (χ0v) is 17.8. The molecule has 6 heteroatoms. The molecule has 160 valence electrons. The summed E-state index contributed by atoms with van der Waals surface area (Å²) in [6, 6.07) is 19.0. The van der Waals surface area contributed by atoms with Gasteiger partial charge in [-0.2, -0.15) is 0 Å². The van der Waals surface area contributed by atoms with Crippen molar-refractivity contribution in [2.24, 2.45) is 0 Å². The summed E-state index contributed by atoms with van der Waals surface area (Å²) in [7, 11) is 1.69. The summed E-state index contributed by atoms with van der Waals surface area (Å²) in [5.41, 5.74) is 2.54. The number of amides is 1. The maximum absolute atomic E-state index is 12.6. The lowest BCUT2D eigenvalue weighted by Crippen LogP contribution is -2.50. The summed E-state index contributed by atoms with van der Waals surface area (Å²) in [5, 5.41) is 3.25. The molecule has 2 saturated heterocycles. The predicted molar refractivity (Wildman–Crippen MR) is 120 cm³/mol. The average Bonchev–Trinajstić information content (AvgIpc) is 3.21. The molecule has 2 aliphatic heterocycles. The Hall–Kier alpha value is -2.57. The van der Waals surface area contributed by atoms with Crippen LogP contribution in [0.25, 0.3) is 0 Å². The molecular formula is C24H32N4O2. The van der Waals surface area contributed by atoms with Crippen LogP contribution in [0.1, 0.15) is 12.0 Å². The van der Waals surface area contributed by atoms with Crippen molar-refractivity contribution in [3.63, 3.8) is 0 Å². The Labute approximate surface area is 179 Å². The highest BCUT2D eigenvalue weighted by Gasteiger charge is 2.25. The van der Waals surface area contributed by atoms with E-state index < -0.39 is 0 Å². The zero-order chi connectivity index (χ0) is 20.8. The minimum absolute atomic E-state index is 0.152. The van der Waals surface area contributed by atoms with E-state index in [1.54, 1.807) is 7.11 Å². The van der Waals surface area contributed by atoms with E-state index in [0.29, 0.717) is 6.54 Å². The number of benzene rings is 2. The lowest BCUT2D eigenvalue weighted by Gasteiger charge is -2.36. The van der Waals surface area contributed by atoms with Crippen molar-refractivity contribution in [2.75, 3.05) is 57.8 Å². The fraction of sp³-hybridized carbons (Fsp3) is 0.458. The molecule has 2 aromatic rings. The number of methoxy groups -OCH3 is 1. The standard InChI is InChI=1S/C24H32N4O2/c1-30-23-9-7-22(8-10-23)28-15-13-26(14-16-28)19-24(29)25-21-11-12-27(18-21)17-20-5-3-2-4-6-20/h2-10,21H,11-19H2,1H3,(H,25,29)/t21-/m0/s1. The van der Waals surface area contributed by atoms with E-state index in [1.807, 2.05) is 18.2 Å². The number of piperazine rings is 1. The number of nitrogens with one attached hydrogen (secondary N) is 1. The summed E-state index contributed by atoms with van der Waals surface area (Å²) in [6.45, 7) is 7.12. The second-order valence-electron chi connectivity index (χ2n) is 8.24. The number of ether oxygens (including phenoxy) is 1. The van der Waals surface area contributed by atoms with Crippen LogP contribution in [-0.4, -0.2) is 74.7 Å². The molecule has 0 saturated carbocycles. The summed E-state index contributed by atoms with van der Waals surface area (Å²) in [4.78, 5) is 19.6.